The first-order valence-corrected chi connectivity index (χ1v) is 9.92. The average Bonchev–Trinajstić information content (AvgIpc) is 3.18. The normalized spacial score (nSPS) is 15.0. The number of hydrogen-bond acceptors (Lipinski definition) is 4. The van der Waals surface area contributed by atoms with Crippen molar-refractivity contribution in [2.75, 3.05) is 25.5 Å². The van der Waals surface area contributed by atoms with E-state index in [-0.39, 0.29) is 10.8 Å². The number of carbonyl (C=O) groups excluding carboxylic acids is 1. The number of carbonyl (C=O) groups is 1. The van der Waals surface area contributed by atoms with Crippen LogP contribution in [-0.2, 0) is 10.0 Å². The number of sulfonamides is 1. The average molecular weight is 374 g/mol. The molecule has 1 fully saturated rings. The van der Waals surface area contributed by atoms with Gasteiger partial charge in [0.05, 0.1) is 17.7 Å². The number of anilines is 1. The fourth-order valence-corrected chi connectivity index (χ4v) is 4.80. The third kappa shape index (κ3) is 3.59. The summed E-state index contributed by atoms with van der Waals surface area (Å²) in [7, 11) is -2.06. The van der Waals surface area contributed by atoms with E-state index in [4.69, 9.17) is 4.74 Å². The maximum absolute atomic E-state index is 12.9. The Morgan fingerprint density at radius 2 is 1.81 bits per heavy atom. The van der Waals surface area contributed by atoms with Crippen LogP contribution in [0.25, 0.3) is 0 Å². The monoisotopic (exact) mass is 374 g/mol. The van der Waals surface area contributed by atoms with E-state index in [2.05, 4.69) is 5.32 Å². The first-order valence-electron chi connectivity index (χ1n) is 8.48. The van der Waals surface area contributed by atoms with Crippen molar-refractivity contribution < 1.29 is 17.9 Å². The van der Waals surface area contributed by atoms with E-state index in [1.807, 2.05) is 0 Å². The Bertz CT molecular complexity index is 919. The first kappa shape index (κ1) is 18.4. The standard InChI is InChI=1S/C19H22N2O4S/c1-14-9-10-15(13-18(14)26(23,24)21-11-5-6-12-21)19(22)20-16-7-3-4-8-17(16)25-2/h3-4,7-10,13H,5-6,11-12H2,1-2H3,(H,20,22). The number of nitrogens with one attached hydrogen (secondary N) is 1. The van der Waals surface area contributed by atoms with Crippen LogP contribution in [0.5, 0.6) is 5.75 Å². The van der Waals surface area contributed by atoms with Crippen molar-refractivity contribution in [2.24, 2.45) is 0 Å². The lowest BCUT2D eigenvalue weighted by molar-refractivity contribution is 0.102. The molecule has 1 aliphatic rings. The number of aryl methyl sites for hydroxylation is 1. The summed E-state index contributed by atoms with van der Waals surface area (Å²) in [5.74, 6) is 0.158. The van der Waals surface area contributed by atoms with E-state index in [9.17, 15) is 13.2 Å². The van der Waals surface area contributed by atoms with Crippen LogP contribution >= 0.6 is 0 Å². The van der Waals surface area contributed by atoms with E-state index in [0.717, 1.165) is 12.8 Å². The summed E-state index contributed by atoms with van der Waals surface area (Å²) < 4.78 is 32.4. The van der Waals surface area contributed by atoms with Crippen LogP contribution in [0, 0.1) is 6.92 Å². The molecule has 0 aromatic heterocycles. The number of rotatable bonds is 5. The van der Waals surface area contributed by atoms with Gasteiger partial charge in [0.15, 0.2) is 0 Å². The summed E-state index contributed by atoms with van der Waals surface area (Å²) >= 11 is 0. The van der Waals surface area contributed by atoms with Gasteiger partial charge in [0.25, 0.3) is 5.91 Å². The molecule has 1 amide bonds. The molecule has 7 heteroatoms. The van der Waals surface area contributed by atoms with E-state index < -0.39 is 10.0 Å². The highest BCUT2D eigenvalue weighted by molar-refractivity contribution is 7.89. The van der Waals surface area contributed by atoms with Gasteiger partial charge in [-0.15, -0.1) is 0 Å². The quantitative estimate of drug-likeness (QED) is 0.873. The van der Waals surface area contributed by atoms with Gasteiger partial charge in [0.2, 0.25) is 10.0 Å². The minimum Gasteiger partial charge on any atom is -0.495 e. The number of para-hydroxylation sites is 2. The van der Waals surface area contributed by atoms with Gasteiger partial charge in [0, 0.05) is 18.7 Å². The number of hydrogen-bond donors (Lipinski definition) is 1. The largest absolute Gasteiger partial charge is 0.495 e. The molecule has 2 aromatic rings. The Kier molecular flexibility index (Phi) is 5.29. The van der Waals surface area contributed by atoms with Crippen molar-refractivity contribution in [3.8, 4) is 5.75 Å². The van der Waals surface area contributed by atoms with Crippen molar-refractivity contribution in [1.82, 2.24) is 4.31 Å². The molecule has 0 radical (unpaired) electrons. The summed E-state index contributed by atoms with van der Waals surface area (Å²) in [6.07, 6.45) is 1.73. The summed E-state index contributed by atoms with van der Waals surface area (Å²) in [5.41, 5.74) is 1.45. The molecule has 1 saturated heterocycles. The second-order valence-corrected chi connectivity index (χ2v) is 8.15. The SMILES string of the molecule is COc1ccccc1NC(=O)c1ccc(C)c(S(=O)(=O)N2CCCC2)c1. The molecular formula is C19H22N2O4S. The number of methoxy groups -OCH3 is 1. The van der Waals surface area contributed by atoms with E-state index in [0.29, 0.717) is 35.7 Å². The fourth-order valence-electron chi connectivity index (χ4n) is 3.03. The summed E-state index contributed by atoms with van der Waals surface area (Å²) in [6, 6.07) is 11.8. The predicted octanol–water partition coefficient (Wildman–Crippen LogP) is 3.04. The zero-order valence-corrected chi connectivity index (χ0v) is 15.7. The Morgan fingerprint density at radius 1 is 1.12 bits per heavy atom. The molecular weight excluding hydrogens is 352 g/mol. The van der Waals surface area contributed by atoms with Crippen LogP contribution in [-0.4, -0.2) is 38.8 Å². The first-order chi connectivity index (χ1) is 12.4. The van der Waals surface area contributed by atoms with Crippen LogP contribution < -0.4 is 10.1 Å². The van der Waals surface area contributed by atoms with Gasteiger partial charge >= 0.3 is 0 Å². The number of ether oxygens (including phenoxy) is 1. The summed E-state index contributed by atoms with van der Waals surface area (Å²) in [4.78, 5) is 12.8. The van der Waals surface area contributed by atoms with Gasteiger partial charge in [-0.2, -0.15) is 4.31 Å². The molecule has 0 unspecified atom stereocenters. The zero-order chi connectivity index (χ0) is 18.7. The lowest BCUT2D eigenvalue weighted by Crippen LogP contribution is -2.28. The minimum absolute atomic E-state index is 0.187. The molecule has 0 saturated carbocycles. The van der Waals surface area contributed by atoms with Crippen molar-refractivity contribution in [1.29, 1.82) is 0 Å². The highest BCUT2D eigenvalue weighted by Crippen LogP contribution is 2.26. The molecule has 2 aromatic carbocycles. The Hall–Kier alpha value is -2.38. The fraction of sp³-hybridized carbons (Fsp3) is 0.316. The van der Waals surface area contributed by atoms with Crippen LogP contribution in [0.1, 0.15) is 28.8 Å². The predicted molar refractivity (Wildman–Crippen MR) is 100 cm³/mol. The second-order valence-electron chi connectivity index (χ2n) is 6.25. The van der Waals surface area contributed by atoms with E-state index in [1.54, 1.807) is 43.3 Å². The molecule has 6 nitrogen and oxygen atoms in total. The van der Waals surface area contributed by atoms with E-state index in [1.165, 1.54) is 17.5 Å². The Morgan fingerprint density at radius 3 is 2.50 bits per heavy atom. The van der Waals surface area contributed by atoms with Gasteiger partial charge in [-0.3, -0.25) is 4.79 Å². The molecule has 138 valence electrons. The molecule has 0 atom stereocenters. The van der Waals surface area contributed by atoms with Crippen molar-refractivity contribution in [2.45, 2.75) is 24.7 Å². The maximum atomic E-state index is 12.9. The molecule has 1 N–H and O–H groups in total. The Balaban J connectivity index is 1.90. The topological polar surface area (TPSA) is 75.7 Å². The third-order valence-corrected chi connectivity index (χ3v) is 6.53. The zero-order valence-electron chi connectivity index (χ0n) is 14.9. The smallest absolute Gasteiger partial charge is 0.255 e. The number of amides is 1. The van der Waals surface area contributed by atoms with Crippen molar-refractivity contribution in [3.63, 3.8) is 0 Å². The van der Waals surface area contributed by atoms with Gasteiger partial charge in [-0.05, 0) is 49.6 Å². The highest BCUT2D eigenvalue weighted by atomic mass is 32.2. The molecule has 0 spiro atoms. The van der Waals surface area contributed by atoms with Crippen molar-refractivity contribution >= 4 is 21.6 Å². The molecule has 1 aliphatic heterocycles. The molecule has 0 aliphatic carbocycles. The molecule has 1 heterocycles. The lowest BCUT2D eigenvalue weighted by atomic mass is 10.1. The third-order valence-electron chi connectivity index (χ3n) is 4.49. The molecule has 0 bridgehead atoms. The van der Waals surface area contributed by atoms with E-state index >= 15 is 0 Å². The number of benzene rings is 2. The van der Waals surface area contributed by atoms with Gasteiger partial charge < -0.3 is 10.1 Å². The summed E-state index contributed by atoms with van der Waals surface area (Å²) in [6.45, 7) is 2.80. The lowest BCUT2D eigenvalue weighted by Gasteiger charge is -2.18. The van der Waals surface area contributed by atoms with Crippen LogP contribution in [0.15, 0.2) is 47.4 Å². The number of nitrogens with zero attached hydrogens (tertiary/aromatic N) is 1. The maximum Gasteiger partial charge on any atom is 0.255 e. The van der Waals surface area contributed by atoms with Gasteiger partial charge in [0.1, 0.15) is 5.75 Å². The minimum atomic E-state index is -3.58. The molecule has 26 heavy (non-hydrogen) atoms. The van der Waals surface area contributed by atoms with Gasteiger partial charge in [-0.1, -0.05) is 18.2 Å². The Labute approximate surface area is 153 Å². The summed E-state index contributed by atoms with van der Waals surface area (Å²) in [5, 5.41) is 2.77. The van der Waals surface area contributed by atoms with Crippen LogP contribution in [0.4, 0.5) is 5.69 Å². The highest BCUT2D eigenvalue weighted by Gasteiger charge is 2.29. The van der Waals surface area contributed by atoms with Crippen LogP contribution in [0.3, 0.4) is 0 Å². The molecule has 3 rings (SSSR count). The van der Waals surface area contributed by atoms with Crippen molar-refractivity contribution in [3.05, 3.63) is 53.6 Å². The van der Waals surface area contributed by atoms with Gasteiger partial charge in [-0.25, -0.2) is 8.42 Å². The van der Waals surface area contributed by atoms with Crippen LogP contribution in [0.2, 0.25) is 0 Å². The second kappa shape index (κ2) is 7.47.